The molecule has 5 rings (SSSR count). The molecule has 9 nitrogen and oxygen atoms in total. The van der Waals surface area contributed by atoms with Gasteiger partial charge in [0.25, 0.3) is 0 Å². The van der Waals surface area contributed by atoms with Gasteiger partial charge in [-0.3, -0.25) is 18.9 Å². The molecule has 0 aliphatic rings. The summed E-state index contributed by atoms with van der Waals surface area (Å²) >= 11 is 0. The standard InChI is InChI=1S/C31H33N7O2/c1-5-7-12-24-19-37(29-22(6-2)11-10-15-25(29)21(4)39)31(40)38(24)20(3)23-16-17-28(32-18-23)26-13-8-9-14-27(26)30-33-35-36-34-30/h8-11,13-20H,5-7,12H2,1-4H3,(H,33,34,35,36). The molecular formula is C31H33N7O2. The zero-order valence-electron chi connectivity index (χ0n) is 23.3. The van der Waals surface area contributed by atoms with E-state index >= 15 is 0 Å². The van der Waals surface area contributed by atoms with Gasteiger partial charge in [-0.05, 0) is 66.8 Å². The highest BCUT2D eigenvalue weighted by Crippen LogP contribution is 2.30. The van der Waals surface area contributed by atoms with Crippen LogP contribution in [-0.2, 0) is 12.8 Å². The van der Waals surface area contributed by atoms with Gasteiger partial charge in [-0.1, -0.05) is 62.7 Å². The van der Waals surface area contributed by atoms with Crippen molar-refractivity contribution in [2.24, 2.45) is 0 Å². The van der Waals surface area contributed by atoms with Crippen LogP contribution < -0.4 is 5.69 Å². The number of carbonyl (C=O) groups is 1. The van der Waals surface area contributed by atoms with Crippen molar-refractivity contribution in [3.63, 3.8) is 0 Å². The number of unbranched alkanes of at least 4 members (excludes halogenated alkanes) is 1. The minimum Gasteiger partial charge on any atom is -0.294 e. The number of imidazole rings is 1. The average molecular weight is 536 g/mol. The van der Waals surface area contributed by atoms with E-state index in [9.17, 15) is 9.59 Å². The van der Waals surface area contributed by atoms with Gasteiger partial charge in [-0.15, -0.1) is 5.10 Å². The van der Waals surface area contributed by atoms with Crippen molar-refractivity contribution in [2.75, 3.05) is 0 Å². The molecule has 40 heavy (non-hydrogen) atoms. The van der Waals surface area contributed by atoms with Crippen molar-refractivity contribution in [3.8, 4) is 28.3 Å². The first-order valence-electron chi connectivity index (χ1n) is 13.7. The number of hydrogen-bond donors (Lipinski definition) is 1. The molecule has 0 amide bonds. The van der Waals surface area contributed by atoms with Crippen LogP contribution in [0, 0.1) is 0 Å². The molecule has 1 atom stereocenters. The van der Waals surface area contributed by atoms with E-state index in [1.807, 2.05) is 79.3 Å². The van der Waals surface area contributed by atoms with Crippen molar-refractivity contribution in [1.82, 2.24) is 34.7 Å². The number of rotatable bonds is 10. The number of tetrazole rings is 1. The fraction of sp³-hybridized carbons (Fsp3) is 0.290. The molecule has 0 fully saturated rings. The SMILES string of the molecule is CCCCc1cn(-c2c(CC)cccc2C(C)=O)c(=O)n1C(C)c1ccc(-c2ccccc2-c2nnn[nH]2)nc1. The highest BCUT2D eigenvalue weighted by molar-refractivity contribution is 5.98. The second-order valence-corrected chi connectivity index (χ2v) is 9.92. The number of nitrogens with one attached hydrogen (secondary N) is 1. The lowest BCUT2D eigenvalue weighted by atomic mass is 10.0. The Morgan fingerprint density at radius 1 is 1.02 bits per heavy atom. The van der Waals surface area contributed by atoms with Crippen molar-refractivity contribution in [2.45, 2.75) is 59.4 Å². The number of aromatic nitrogens is 7. The van der Waals surface area contributed by atoms with Gasteiger partial charge in [0, 0.05) is 34.8 Å². The van der Waals surface area contributed by atoms with Gasteiger partial charge >= 0.3 is 5.69 Å². The number of aromatic amines is 1. The number of Topliss-reactive ketones (excluding diaryl/α,β-unsaturated/α-hetero) is 1. The van der Waals surface area contributed by atoms with E-state index in [0.29, 0.717) is 23.5 Å². The molecule has 3 aromatic heterocycles. The van der Waals surface area contributed by atoms with Gasteiger partial charge in [0.2, 0.25) is 0 Å². The average Bonchev–Trinajstić information content (AvgIpc) is 3.63. The van der Waals surface area contributed by atoms with Gasteiger partial charge in [0.1, 0.15) is 0 Å². The van der Waals surface area contributed by atoms with Crippen LogP contribution in [0.15, 0.2) is 71.8 Å². The van der Waals surface area contributed by atoms with Crippen molar-refractivity contribution in [1.29, 1.82) is 0 Å². The lowest BCUT2D eigenvalue weighted by Crippen LogP contribution is -2.28. The molecule has 0 spiro atoms. The van der Waals surface area contributed by atoms with Crippen LogP contribution in [0.3, 0.4) is 0 Å². The summed E-state index contributed by atoms with van der Waals surface area (Å²) in [5.74, 6) is 0.509. The number of para-hydroxylation sites is 1. The van der Waals surface area contributed by atoms with Crippen LogP contribution in [0.5, 0.6) is 0 Å². The first-order valence-corrected chi connectivity index (χ1v) is 13.7. The molecule has 204 valence electrons. The Bertz CT molecular complexity index is 1680. The van der Waals surface area contributed by atoms with E-state index < -0.39 is 0 Å². The Balaban J connectivity index is 1.57. The van der Waals surface area contributed by atoms with E-state index in [1.165, 1.54) is 0 Å². The Morgan fingerprint density at radius 3 is 2.48 bits per heavy atom. The summed E-state index contributed by atoms with van der Waals surface area (Å²) in [6.45, 7) is 7.74. The molecule has 0 aliphatic carbocycles. The van der Waals surface area contributed by atoms with Crippen molar-refractivity contribution in [3.05, 3.63) is 99.9 Å². The number of hydrogen-bond acceptors (Lipinski definition) is 6. The third-order valence-corrected chi connectivity index (χ3v) is 7.37. The predicted molar refractivity (Wildman–Crippen MR) is 155 cm³/mol. The Hall–Kier alpha value is -4.66. The largest absolute Gasteiger partial charge is 0.333 e. The Kier molecular flexibility index (Phi) is 7.82. The van der Waals surface area contributed by atoms with Crippen molar-refractivity contribution >= 4 is 5.78 Å². The van der Waals surface area contributed by atoms with Crippen LogP contribution in [0.1, 0.15) is 73.8 Å². The molecule has 3 heterocycles. The molecule has 0 saturated carbocycles. The lowest BCUT2D eigenvalue weighted by Gasteiger charge is -2.17. The molecule has 0 bridgehead atoms. The summed E-state index contributed by atoms with van der Waals surface area (Å²) < 4.78 is 3.51. The van der Waals surface area contributed by atoms with Gasteiger partial charge < -0.3 is 0 Å². The highest BCUT2D eigenvalue weighted by atomic mass is 16.2. The molecule has 0 aliphatic heterocycles. The second-order valence-electron chi connectivity index (χ2n) is 9.92. The number of nitrogens with zero attached hydrogens (tertiary/aromatic N) is 6. The molecule has 2 aromatic carbocycles. The first kappa shape index (κ1) is 26.9. The molecular weight excluding hydrogens is 502 g/mol. The van der Waals surface area contributed by atoms with E-state index in [1.54, 1.807) is 17.6 Å². The highest BCUT2D eigenvalue weighted by Gasteiger charge is 2.23. The number of carbonyl (C=O) groups excluding carboxylic acids is 1. The first-order chi connectivity index (χ1) is 19.4. The minimum absolute atomic E-state index is 0.0608. The maximum Gasteiger partial charge on any atom is 0.333 e. The van der Waals surface area contributed by atoms with E-state index in [4.69, 9.17) is 4.98 Å². The molecule has 0 saturated heterocycles. The van der Waals surface area contributed by atoms with E-state index in [2.05, 4.69) is 27.5 Å². The third kappa shape index (κ3) is 5.02. The summed E-state index contributed by atoms with van der Waals surface area (Å²) in [6, 6.07) is 17.2. The summed E-state index contributed by atoms with van der Waals surface area (Å²) in [7, 11) is 0. The van der Waals surface area contributed by atoms with Crippen LogP contribution in [-0.4, -0.2) is 40.5 Å². The van der Waals surface area contributed by atoms with Crippen LogP contribution in [0.25, 0.3) is 28.3 Å². The van der Waals surface area contributed by atoms with E-state index in [0.717, 1.165) is 52.9 Å². The van der Waals surface area contributed by atoms with Gasteiger partial charge in [-0.2, -0.15) is 0 Å². The van der Waals surface area contributed by atoms with Crippen molar-refractivity contribution < 1.29 is 4.79 Å². The Labute approximate surface area is 232 Å². The van der Waals surface area contributed by atoms with Crippen LogP contribution in [0.4, 0.5) is 0 Å². The number of pyridine rings is 1. The van der Waals surface area contributed by atoms with Gasteiger partial charge in [-0.25, -0.2) is 9.89 Å². The molecule has 9 heteroatoms. The molecule has 0 radical (unpaired) electrons. The fourth-order valence-electron chi connectivity index (χ4n) is 5.22. The second kappa shape index (κ2) is 11.6. The lowest BCUT2D eigenvalue weighted by molar-refractivity contribution is 0.101. The summed E-state index contributed by atoms with van der Waals surface area (Å²) in [5.41, 5.74) is 6.43. The third-order valence-electron chi connectivity index (χ3n) is 7.37. The number of benzene rings is 2. The zero-order valence-corrected chi connectivity index (χ0v) is 23.3. The van der Waals surface area contributed by atoms with Gasteiger partial charge in [0.15, 0.2) is 11.6 Å². The smallest absolute Gasteiger partial charge is 0.294 e. The number of aryl methyl sites for hydroxylation is 2. The fourth-order valence-corrected chi connectivity index (χ4v) is 5.22. The minimum atomic E-state index is -0.259. The van der Waals surface area contributed by atoms with Crippen LogP contribution in [0.2, 0.25) is 0 Å². The predicted octanol–water partition coefficient (Wildman–Crippen LogP) is 5.60. The van der Waals surface area contributed by atoms with Gasteiger partial charge in [0.05, 0.1) is 17.4 Å². The number of ketones is 1. The van der Waals surface area contributed by atoms with Crippen LogP contribution >= 0.6 is 0 Å². The summed E-state index contributed by atoms with van der Waals surface area (Å²) in [6.07, 6.45) is 7.18. The molecule has 1 unspecified atom stereocenters. The summed E-state index contributed by atoms with van der Waals surface area (Å²) in [5, 5.41) is 14.3. The molecule has 5 aromatic rings. The maximum absolute atomic E-state index is 14.0. The normalized spacial score (nSPS) is 12.0. The maximum atomic E-state index is 14.0. The number of H-pyrrole nitrogens is 1. The zero-order chi connectivity index (χ0) is 28.2. The summed E-state index contributed by atoms with van der Waals surface area (Å²) in [4.78, 5) is 31.4. The molecule has 1 N–H and O–H groups in total. The quantitative estimate of drug-likeness (QED) is 0.233. The van der Waals surface area contributed by atoms with E-state index in [-0.39, 0.29) is 17.5 Å². The topological polar surface area (TPSA) is 111 Å². The monoisotopic (exact) mass is 535 g/mol. The Morgan fingerprint density at radius 2 is 1.82 bits per heavy atom.